The molecule has 2 aliphatic heterocycles. The Morgan fingerprint density at radius 1 is 1.00 bits per heavy atom. The standard InChI is InChI=1S/C25H20N2O4/c1-14(28)13-15-5-7-16(8-6-15)17-9-10-20-23-18(17)3-2-4-19(23)25(31)27(20)21-11-12-22(29)26-24(21)30/h2-10,21H,11-13H2,1H3,(H,26,29,30). The highest BCUT2D eigenvalue weighted by molar-refractivity contribution is 6.28. The zero-order valence-electron chi connectivity index (χ0n) is 17.0. The van der Waals surface area contributed by atoms with Gasteiger partial charge in [-0.05, 0) is 47.6 Å². The topological polar surface area (TPSA) is 83.6 Å². The second-order valence-corrected chi connectivity index (χ2v) is 8.08. The smallest absolute Gasteiger partial charge is 0.259 e. The van der Waals surface area contributed by atoms with Gasteiger partial charge < -0.3 is 0 Å². The lowest BCUT2D eigenvalue weighted by Crippen LogP contribution is -2.53. The zero-order chi connectivity index (χ0) is 21.7. The number of carbonyl (C=O) groups is 4. The molecule has 2 aliphatic rings. The summed E-state index contributed by atoms with van der Waals surface area (Å²) in [6.07, 6.45) is 0.926. The Morgan fingerprint density at radius 3 is 2.48 bits per heavy atom. The molecule has 6 nitrogen and oxygen atoms in total. The van der Waals surface area contributed by atoms with Crippen molar-refractivity contribution in [1.82, 2.24) is 5.32 Å². The lowest BCUT2D eigenvalue weighted by molar-refractivity contribution is -0.134. The highest BCUT2D eigenvalue weighted by Crippen LogP contribution is 2.43. The summed E-state index contributed by atoms with van der Waals surface area (Å²) < 4.78 is 0. The van der Waals surface area contributed by atoms with Gasteiger partial charge in [0.25, 0.3) is 5.91 Å². The van der Waals surface area contributed by atoms with Gasteiger partial charge in [0.1, 0.15) is 11.8 Å². The van der Waals surface area contributed by atoms with Gasteiger partial charge in [-0.15, -0.1) is 0 Å². The number of nitrogens with zero attached hydrogens (tertiary/aromatic N) is 1. The van der Waals surface area contributed by atoms with E-state index in [1.54, 1.807) is 13.0 Å². The van der Waals surface area contributed by atoms with Gasteiger partial charge in [0.15, 0.2) is 0 Å². The quantitative estimate of drug-likeness (QED) is 0.666. The summed E-state index contributed by atoms with van der Waals surface area (Å²) in [6, 6.07) is 16.6. The molecule has 1 unspecified atom stereocenters. The number of hydrogen-bond donors (Lipinski definition) is 1. The summed E-state index contributed by atoms with van der Waals surface area (Å²) in [4.78, 5) is 50.1. The number of carbonyl (C=O) groups excluding carboxylic acids is 4. The molecule has 0 aliphatic carbocycles. The predicted molar refractivity (Wildman–Crippen MR) is 117 cm³/mol. The molecule has 3 aromatic carbocycles. The van der Waals surface area contributed by atoms with E-state index >= 15 is 0 Å². The van der Waals surface area contributed by atoms with Crippen LogP contribution in [0, 0.1) is 0 Å². The summed E-state index contributed by atoms with van der Waals surface area (Å²) in [5.41, 5.74) is 4.19. The van der Waals surface area contributed by atoms with Crippen LogP contribution in [-0.2, 0) is 20.8 Å². The van der Waals surface area contributed by atoms with Crippen LogP contribution in [0.1, 0.15) is 35.7 Å². The number of Topliss-reactive ketones (excluding diaryl/α,β-unsaturated/α-hetero) is 1. The Hall–Kier alpha value is -3.80. The first-order chi connectivity index (χ1) is 14.9. The average molecular weight is 412 g/mol. The molecule has 1 saturated heterocycles. The minimum Gasteiger partial charge on any atom is -0.300 e. The maximum Gasteiger partial charge on any atom is 0.259 e. The Kier molecular flexibility index (Phi) is 4.43. The van der Waals surface area contributed by atoms with Crippen LogP contribution < -0.4 is 10.2 Å². The first kappa shape index (κ1) is 19.2. The SMILES string of the molecule is CC(=O)Cc1ccc(-c2ccc3c4c(cccc24)C(=O)N3C2CCC(=O)NC2=O)cc1. The van der Waals surface area contributed by atoms with Crippen LogP contribution in [0.4, 0.5) is 5.69 Å². The summed E-state index contributed by atoms with van der Waals surface area (Å²) in [6.45, 7) is 1.57. The maximum absolute atomic E-state index is 13.2. The Morgan fingerprint density at radius 2 is 1.77 bits per heavy atom. The van der Waals surface area contributed by atoms with Crippen LogP contribution in [0.2, 0.25) is 0 Å². The molecule has 2 heterocycles. The molecule has 0 spiro atoms. The Balaban J connectivity index is 1.60. The number of piperidine rings is 1. The molecule has 31 heavy (non-hydrogen) atoms. The second-order valence-electron chi connectivity index (χ2n) is 8.08. The number of benzene rings is 3. The fraction of sp³-hybridized carbons (Fsp3) is 0.200. The molecule has 0 bridgehead atoms. The number of anilines is 1. The van der Waals surface area contributed by atoms with Crippen LogP contribution in [0.25, 0.3) is 21.9 Å². The summed E-state index contributed by atoms with van der Waals surface area (Å²) in [5, 5.41) is 4.10. The van der Waals surface area contributed by atoms with Crippen molar-refractivity contribution in [3.63, 3.8) is 0 Å². The lowest BCUT2D eigenvalue weighted by atomic mass is 9.94. The van der Waals surface area contributed by atoms with Crippen molar-refractivity contribution < 1.29 is 19.2 Å². The normalized spacial score (nSPS) is 17.9. The fourth-order valence-corrected chi connectivity index (χ4v) is 4.59. The summed E-state index contributed by atoms with van der Waals surface area (Å²) in [5.74, 6) is -0.844. The van der Waals surface area contributed by atoms with E-state index in [9.17, 15) is 19.2 Å². The van der Waals surface area contributed by atoms with Crippen LogP contribution in [-0.4, -0.2) is 29.5 Å². The van der Waals surface area contributed by atoms with E-state index in [0.29, 0.717) is 24.1 Å². The van der Waals surface area contributed by atoms with Crippen molar-refractivity contribution in [3.05, 3.63) is 65.7 Å². The van der Waals surface area contributed by atoms with Crippen LogP contribution >= 0.6 is 0 Å². The molecule has 3 amide bonds. The maximum atomic E-state index is 13.2. The molecule has 5 rings (SSSR count). The van der Waals surface area contributed by atoms with Gasteiger partial charge in [0.05, 0.1) is 5.69 Å². The van der Waals surface area contributed by atoms with E-state index in [1.165, 1.54) is 4.90 Å². The van der Waals surface area contributed by atoms with E-state index in [2.05, 4.69) is 5.32 Å². The highest BCUT2D eigenvalue weighted by atomic mass is 16.2. The van der Waals surface area contributed by atoms with Gasteiger partial charge in [-0.1, -0.05) is 42.5 Å². The Labute approximate surface area is 178 Å². The molecule has 1 fully saturated rings. The first-order valence-corrected chi connectivity index (χ1v) is 10.3. The predicted octanol–water partition coefficient (Wildman–Crippen LogP) is 3.40. The zero-order valence-corrected chi connectivity index (χ0v) is 17.0. The molecule has 3 aromatic rings. The van der Waals surface area contributed by atoms with Crippen molar-refractivity contribution in [2.75, 3.05) is 4.90 Å². The number of amides is 3. The fourth-order valence-electron chi connectivity index (χ4n) is 4.59. The molecule has 6 heteroatoms. The van der Waals surface area contributed by atoms with Crippen LogP contribution in [0.15, 0.2) is 54.6 Å². The third-order valence-electron chi connectivity index (χ3n) is 5.97. The van der Waals surface area contributed by atoms with Crippen molar-refractivity contribution in [3.8, 4) is 11.1 Å². The largest absolute Gasteiger partial charge is 0.300 e. The molecule has 1 N–H and O–H groups in total. The number of imide groups is 1. The van der Waals surface area contributed by atoms with E-state index in [-0.39, 0.29) is 24.0 Å². The number of ketones is 1. The lowest BCUT2D eigenvalue weighted by Gasteiger charge is -2.30. The number of hydrogen-bond acceptors (Lipinski definition) is 4. The summed E-state index contributed by atoms with van der Waals surface area (Å²) >= 11 is 0. The van der Waals surface area contributed by atoms with Gasteiger partial charge in [0, 0.05) is 23.8 Å². The molecular weight excluding hydrogens is 392 g/mol. The highest BCUT2D eigenvalue weighted by Gasteiger charge is 2.40. The molecule has 154 valence electrons. The van der Waals surface area contributed by atoms with Gasteiger partial charge in [-0.25, -0.2) is 0 Å². The minimum atomic E-state index is -0.697. The van der Waals surface area contributed by atoms with Crippen molar-refractivity contribution in [2.45, 2.75) is 32.2 Å². The third-order valence-corrected chi connectivity index (χ3v) is 5.97. The molecule has 1 atom stereocenters. The number of nitrogens with one attached hydrogen (secondary N) is 1. The van der Waals surface area contributed by atoms with Crippen LogP contribution in [0.5, 0.6) is 0 Å². The van der Waals surface area contributed by atoms with E-state index in [0.717, 1.165) is 27.5 Å². The molecule has 0 aromatic heterocycles. The molecular formula is C25H20N2O4. The van der Waals surface area contributed by atoms with Gasteiger partial charge in [-0.2, -0.15) is 0 Å². The van der Waals surface area contributed by atoms with Crippen LogP contribution in [0.3, 0.4) is 0 Å². The van der Waals surface area contributed by atoms with Gasteiger partial charge >= 0.3 is 0 Å². The van der Waals surface area contributed by atoms with E-state index in [1.807, 2.05) is 48.5 Å². The van der Waals surface area contributed by atoms with Crippen molar-refractivity contribution in [2.24, 2.45) is 0 Å². The Bertz CT molecular complexity index is 1280. The molecule has 0 radical (unpaired) electrons. The number of rotatable bonds is 4. The third kappa shape index (κ3) is 3.11. The average Bonchev–Trinajstić information content (AvgIpc) is 3.02. The van der Waals surface area contributed by atoms with Crippen molar-refractivity contribution >= 4 is 40.0 Å². The van der Waals surface area contributed by atoms with Crippen molar-refractivity contribution in [1.29, 1.82) is 0 Å². The first-order valence-electron chi connectivity index (χ1n) is 10.3. The van der Waals surface area contributed by atoms with Gasteiger partial charge in [0.2, 0.25) is 11.8 Å². The second kappa shape index (κ2) is 7.16. The summed E-state index contributed by atoms with van der Waals surface area (Å²) in [7, 11) is 0. The van der Waals surface area contributed by atoms with Gasteiger partial charge in [-0.3, -0.25) is 29.4 Å². The monoisotopic (exact) mass is 412 g/mol. The van der Waals surface area contributed by atoms with E-state index in [4.69, 9.17) is 0 Å². The van der Waals surface area contributed by atoms with E-state index < -0.39 is 11.9 Å². The molecule has 0 saturated carbocycles. The minimum absolute atomic E-state index is 0.116.